The first-order valence-corrected chi connectivity index (χ1v) is 24.7. The van der Waals surface area contributed by atoms with Gasteiger partial charge in [0, 0.05) is 69.3 Å². The Morgan fingerprint density at radius 3 is 1.29 bits per heavy atom. The Kier molecular flexibility index (Phi) is 28.6. The molecule has 0 aliphatic heterocycles. The quantitative estimate of drug-likeness (QED) is 0.0353. The third-order valence-corrected chi connectivity index (χ3v) is 13.8. The normalized spacial score (nSPS) is 14.6. The van der Waals surface area contributed by atoms with Crippen molar-refractivity contribution in [1.29, 1.82) is 0 Å². The Balaban J connectivity index is 0.000000301. The molecule has 3 fully saturated rings. The van der Waals surface area contributed by atoms with E-state index in [1.165, 1.54) is 50.7 Å². The molecule has 3 aromatic carbocycles. The summed E-state index contributed by atoms with van der Waals surface area (Å²) in [7, 11) is 6.52. The van der Waals surface area contributed by atoms with Crippen molar-refractivity contribution < 1.29 is 43.5 Å². The highest BCUT2D eigenvalue weighted by molar-refractivity contribution is 7.99. The number of carbonyl (C=O) groups excluding carboxylic acids is 3. The van der Waals surface area contributed by atoms with Crippen LogP contribution in [0.15, 0.2) is 69.3 Å². The van der Waals surface area contributed by atoms with Gasteiger partial charge in [0.15, 0.2) is 34.5 Å². The number of methoxy groups -OCH3 is 4. The van der Waals surface area contributed by atoms with Crippen LogP contribution in [0.1, 0.15) is 77.0 Å². The predicted molar refractivity (Wildman–Crippen MR) is 260 cm³/mol. The molecule has 0 aromatic heterocycles. The molecular weight excluding hydrogens is 906 g/mol. The number of nitrogens with one attached hydrogen (secondary N) is 2. The van der Waals surface area contributed by atoms with Crippen LogP contribution in [0.3, 0.4) is 0 Å². The van der Waals surface area contributed by atoms with E-state index in [1.807, 2.05) is 36.4 Å². The summed E-state index contributed by atoms with van der Waals surface area (Å²) in [5.41, 5.74) is 5.43. The van der Waals surface area contributed by atoms with E-state index in [4.69, 9.17) is 36.3 Å². The Bertz CT molecular complexity index is 1800. The standard InChI is InChI=1S/C16H23NO3S.C14H19NO3S.C10H15NO2S.C6H9ClO.ClH/c1-19-14-8-7-13(11-15(14)20-2)21-10-9-17-16(18)12-5-3-4-6-12;16-12-6-5-11(9-13(12)17)19-8-7-15-14(18)10-3-1-2-4-10;1-12-9-4-3-8(14-6-5-11)7-10(9)13-2;7-6(8)5-3-1-2-4-5;/h7-8,11-12H,3-6,9-10H2,1-2H3,(H,17,18);5-6,9-10,16-17H,1-4,7-8H2,(H,15,18);3-4,7H,5-6,11H2,1-2H3;5H,1-4H2;1H. The summed E-state index contributed by atoms with van der Waals surface area (Å²) >= 11 is 10.2. The molecule has 2 amide bonds. The van der Waals surface area contributed by atoms with Gasteiger partial charge in [-0.25, -0.2) is 0 Å². The molecule has 0 bridgehead atoms. The lowest BCUT2D eigenvalue weighted by molar-refractivity contribution is -0.125. The second kappa shape index (κ2) is 32.3. The minimum atomic E-state index is -0.137. The molecule has 0 atom stereocenters. The number of halogens is 2. The van der Waals surface area contributed by atoms with Crippen molar-refractivity contribution >= 4 is 76.4 Å². The first-order chi connectivity index (χ1) is 30.0. The van der Waals surface area contributed by atoms with Crippen molar-refractivity contribution in [3.05, 3.63) is 54.6 Å². The van der Waals surface area contributed by atoms with Crippen LogP contribution in [0.5, 0.6) is 34.5 Å². The number of phenolic OH excluding ortho intramolecular Hbond substituents is 2. The summed E-state index contributed by atoms with van der Waals surface area (Å²) in [6, 6.07) is 16.5. The van der Waals surface area contributed by atoms with E-state index >= 15 is 0 Å². The summed E-state index contributed by atoms with van der Waals surface area (Å²) in [4.78, 5) is 37.2. The molecule has 63 heavy (non-hydrogen) atoms. The molecule has 352 valence electrons. The summed E-state index contributed by atoms with van der Waals surface area (Å²) in [6.07, 6.45) is 13.3. The third-order valence-electron chi connectivity index (χ3n) is 10.5. The van der Waals surface area contributed by atoms with Crippen molar-refractivity contribution in [3.63, 3.8) is 0 Å². The van der Waals surface area contributed by atoms with Gasteiger partial charge in [0.05, 0.1) is 28.4 Å². The maximum Gasteiger partial charge on any atom is 0.224 e. The molecule has 17 heteroatoms. The van der Waals surface area contributed by atoms with Gasteiger partial charge in [-0.3, -0.25) is 14.4 Å². The van der Waals surface area contributed by atoms with Crippen LogP contribution in [-0.4, -0.2) is 92.6 Å². The number of hydrogen-bond acceptors (Lipinski definition) is 13. The number of hydrogen-bond donors (Lipinski definition) is 5. The van der Waals surface area contributed by atoms with Gasteiger partial charge in [-0.05, 0) is 105 Å². The Hall–Kier alpha value is -3.34. The van der Waals surface area contributed by atoms with E-state index in [9.17, 15) is 24.6 Å². The maximum atomic E-state index is 11.9. The fourth-order valence-electron chi connectivity index (χ4n) is 7.09. The largest absolute Gasteiger partial charge is 0.504 e. The number of nitrogens with two attached hydrogens (primary N) is 1. The van der Waals surface area contributed by atoms with Crippen LogP contribution in [-0.2, 0) is 14.4 Å². The monoisotopic (exact) mass is 971 g/mol. The van der Waals surface area contributed by atoms with E-state index < -0.39 is 0 Å². The third kappa shape index (κ3) is 21.0. The van der Waals surface area contributed by atoms with Crippen molar-refractivity contribution in [2.75, 3.05) is 65.3 Å². The van der Waals surface area contributed by atoms with Gasteiger partial charge in [-0.1, -0.05) is 38.5 Å². The minimum absolute atomic E-state index is 0. The van der Waals surface area contributed by atoms with Crippen LogP contribution < -0.4 is 35.3 Å². The van der Waals surface area contributed by atoms with Gasteiger partial charge in [-0.15, -0.1) is 47.7 Å². The Morgan fingerprint density at radius 2 is 0.937 bits per heavy atom. The zero-order valence-electron chi connectivity index (χ0n) is 37.0. The lowest BCUT2D eigenvalue weighted by atomic mass is 10.1. The number of benzene rings is 3. The van der Waals surface area contributed by atoms with Crippen LogP contribution >= 0.6 is 59.3 Å². The fraction of sp³-hybridized carbons (Fsp3) is 0.543. The van der Waals surface area contributed by atoms with Crippen LogP contribution in [0.25, 0.3) is 0 Å². The average Bonchev–Trinajstić information content (AvgIpc) is 4.13. The lowest BCUT2D eigenvalue weighted by Gasteiger charge is -2.11. The number of carbonyl (C=O) groups is 3. The van der Waals surface area contributed by atoms with E-state index in [-0.39, 0.29) is 58.7 Å². The van der Waals surface area contributed by atoms with Gasteiger partial charge in [-0.2, -0.15) is 0 Å². The summed E-state index contributed by atoms with van der Waals surface area (Å²) in [5, 5.41) is 24.4. The number of aromatic hydroxyl groups is 2. The van der Waals surface area contributed by atoms with Gasteiger partial charge < -0.3 is 45.5 Å². The first-order valence-electron chi connectivity index (χ1n) is 21.3. The molecule has 0 saturated heterocycles. The van der Waals surface area contributed by atoms with Crippen LogP contribution in [0.2, 0.25) is 0 Å². The molecule has 3 aliphatic carbocycles. The number of amides is 2. The topological polar surface area (TPSA) is 179 Å². The highest BCUT2D eigenvalue weighted by Gasteiger charge is 2.23. The molecule has 3 aromatic rings. The minimum Gasteiger partial charge on any atom is -0.504 e. The van der Waals surface area contributed by atoms with Gasteiger partial charge in [0.2, 0.25) is 17.1 Å². The lowest BCUT2D eigenvalue weighted by Crippen LogP contribution is -2.30. The Morgan fingerprint density at radius 1 is 0.571 bits per heavy atom. The van der Waals surface area contributed by atoms with Crippen LogP contribution in [0.4, 0.5) is 0 Å². The number of rotatable bonds is 18. The zero-order valence-corrected chi connectivity index (χ0v) is 41.0. The molecule has 0 unspecified atom stereocenters. The second-order valence-electron chi connectivity index (χ2n) is 14.8. The SMILES string of the molecule is COc1ccc(SCCN)cc1OC.COc1ccc(SCCNC(=O)C2CCCC2)cc1OC.Cl.O=C(Cl)C1CCCC1.O=C(NCCSc1ccc(O)c(O)c1)C1CCCC1. The molecule has 3 saturated carbocycles. The average molecular weight is 973 g/mol. The number of thioether (sulfide) groups is 3. The summed E-state index contributed by atoms with van der Waals surface area (Å²) in [6.45, 7) is 2.01. The van der Waals surface area contributed by atoms with Crippen molar-refractivity contribution in [2.45, 2.75) is 91.7 Å². The fourth-order valence-corrected chi connectivity index (χ4v) is 9.61. The molecule has 0 radical (unpaired) electrons. The van der Waals surface area contributed by atoms with E-state index in [1.54, 1.807) is 69.8 Å². The molecule has 0 heterocycles. The molecule has 6 rings (SSSR count). The maximum absolute atomic E-state index is 11.9. The van der Waals surface area contributed by atoms with Crippen LogP contribution in [0, 0.1) is 17.8 Å². The smallest absolute Gasteiger partial charge is 0.224 e. The predicted octanol–water partition coefficient (Wildman–Crippen LogP) is 9.72. The second-order valence-corrected chi connectivity index (χ2v) is 18.7. The summed E-state index contributed by atoms with van der Waals surface area (Å²) in [5.74, 6) is 6.32. The van der Waals surface area contributed by atoms with Crippen molar-refractivity contribution in [2.24, 2.45) is 23.5 Å². The van der Waals surface area contributed by atoms with E-state index in [0.717, 1.165) is 93.5 Å². The van der Waals surface area contributed by atoms with E-state index in [0.29, 0.717) is 19.6 Å². The Labute approximate surface area is 398 Å². The molecule has 0 spiro atoms. The van der Waals surface area contributed by atoms with E-state index in [2.05, 4.69) is 10.6 Å². The molecule has 3 aliphatic rings. The van der Waals surface area contributed by atoms with Gasteiger partial charge in [0.1, 0.15) is 0 Å². The molecule has 6 N–H and O–H groups in total. The zero-order chi connectivity index (χ0) is 45.1. The van der Waals surface area contributed by atoms with Gasteiger partial charge >= 0.3 is 0 Å². The number of ether oxygens (including phenoxy) is 4. The van der Waals surface area contributed by atoms with Gasteiger partial charge in [0.25, 0.3) is 0 Å². The molecular formula is C46H67Cl2N3O9S3. The first kappa shape index (κ1) is 55.8. The van der Waals surface area contributed by atoms with Crippen molar-refractivity contribution in [3.8, 4) is 34.5 Å². The summed E-state index contributed by atoms with van der Waals surface area (Å²) < 4.78 is 20.8. The highest BCUT2D eigenvalue weighted by atomic mass is 35.5. The van der Waals surface area contributed by atoms with Crippen molar-refractivity contribution in [1.82, 2.24) is 10.6 Å². The number of phenols is 2. The highest BCUT2D eigenvalue weighted by Crippen LogP contribution is 2.34. The molecule has 12 nitrogen and oxygen atoms in total.